The maximum absolute atomic E-state index is 11.3. The lowest BCUT2D eigenvalue weighted by molar-refractivity contribution is -0.114. The minimum atomic E-state index is -1.28. The van der Waals surface area contributed by atoms with Crippen molar-refractivity contribution in [3.8, 4) is 0 Å². The number of carbonyl (C=O) groups excluding carboxylic acids is 1. The zero-order valence-corrected chi connectivity index (χ0v) is 12.9. The minimum Gasteiger partial charge on any atom is -0.321 e. The number of nitrogens with one attached hydrogen (secondary N) is 1. The van der Waals surface area contributed by atoms with Gasteiger partial charge in [0.25, 0.3) is 5.91 Å². The van der Waals surface area contributed by atoms with Crippen LogP contribution in [-0.4, -0.2) is 10.7 Å². The van der Waals surface area contributed by atoms with Gasteiger partial charge in [-0.3, -0.25) is 4.79 Å². The molecule has 0 heterocycles. The summed E-state index contributed by atoms with van der Waals surface area (Å²) in [6, 6.07) is 0. The lowest BCUT2D eigenvalue weighted by atomic mass is 10.3. The summed E-state index contributed by atoms with van der Waals surface area (Å²) in [5.41, 5.74) is 0.00373. The molecule has 0 saturated heterocycles. The topological polar surface area (TPSA) is 29.1 Å². The first-order valence-corrected chi connectivity index (χ1v) is 6.64. The SMILES string of the molecule is O=C(Nc1c(Cl)c(Cl)c(Cl)c(Cl)c1Cl)C(Cl)Cl. The van der Waals surface area contributed by atoms with E-state index in [0.717, 1.165) is 0 Å². The molecule has 94 valence electrons. The minimum absolute atomic E-state index is 0.00373. The van der Waals surface area contributed by atoms with Gasteiger partial charge in [-0.2, -0.15) is 0 Å². The number of amides is 1. The van der Waals surface area contributed by atoms with Gasteiger partial charge in [0.2, 0.25) is 0 Å². The van der Waals surface area contributed by atoms with Crippen molar-refractivity contribution in [3.05, 3.63) is 25.1 Å². The molecule has 9 heteroatoms. The average molecular weight is 376 g/mol. The molecule has 0 spiro atoms. The lowest BCUT2D eigenvalue weighted by Gasteiger charge is -2.13. The second-order valence-corrected chi connectivity index (χ2v) is 5.72. The molecule has 2 nitrogen and oxygen atoms in total. The first-order chi connectivity index (χ1) is 7.77. The van der Waals surface area contributed by atoms with Crippen LogP contribution in [0.3, 0.4) is 0 Å². The standard InChI is InChI=1S/C8H2Cl7NO/c9-1-2(10)4(12)6(5(13)3(1)11)16-8(17)7(14)15/h7H,(H,16,17). The van der Waals surface area contributed by atoms with E-state index in [1.54, 1.807) is 0 Å². The molecule has 0 atom stereocenters. The molecule has 1 aromatic rings. The van der Waals surface area contributed by atoms with Crippen molar-refractivity contribution in [1.29, 1.82) is 0 Å². The van der Waals surface area contributed by atoms with Gasteiger partial charge in [-0.25, -0.2) is 0 Å². The van der Waals surface area contributed by atoms with Crippen molar-refractivity contribution in [3.63, 3.8) is 0 Å². The first-order valence-electron chi connectivity index (χ1n) is 3.87. The van der Waals surface area contributed by atoms with Gasteiger partial charge in [0, 0.05) is 0 Å². The fourth-order valence-electron chi connectivity index (χ4n) is 0.892. The van der Waals surface area contributed by atoms with Crippen LogP contribution in [0.2, 0.25) is 25.1 Å². The number of halogens is 7. The quantitative estimate of drug-likeness (QED) is 0.401. The Balaban J connectivity index is 3.30. The van der Waals surface area contributed by atoms with Crippen molar-refractivity contribution < 1.29 is 4.79 Å². The van der Waals surface area contributed by atoms with E-state index in [0.29, 0.717) is 0 Å². The van der Waals surface area contributed by atoms with Crippen LogP contribution in [0.5, 0.6) is 0 Å². The lowest BCUT2D eigenvalue weighted by Crippen LogP contribution is -2.19. The van der Waals surface area contributed by atoms with Gasteiger partial charge in [-0.1, -0.05) is 81.2 Å². The van der Waals surface area contributed by atoms with Crippen molar-refractivity contribution in [2.45, 2.75) is 4.84 Å². The Kier molecular flexibility index (Phi) is 5.80. The smallest absolute Gasteiger partial charge is 0.257 e. The molecule has 0 aliphatic rings. The first kappa shape index (κ1) is 15.8. The third kappa shape index (κ3) is 3.38. The van der Waals surface area contributed by atoms with Crippen LogP contribution in [0.1, 0.15) is 0 Å². The fourth-order valence-corrected chi connectivity index (χ4v) is 2.23. The molecule has 0 saturated carbocycles. The summed E-state index contributed by atoms with van der Waals surface area (Å²) in [5.74, 6) is -0.716. The van der Waals surface area contributed by atoms with Crippen LogP contribution >= 0.6 is 81.2 Å². The highest BCUT2D eigenvalue weighted by Gasteiger charge is 2.22. The van der Waals surface area contributed by atoms with Gasteiger partial charge in [0.15, 0.2) is 4.84 Å². The Bertz CT molecular complexity index is 444. The zero-order valence-electron chi connectivity index (χ0n) is 7.63. The Hall–Kier alpha value is 0.720. The second-order valence-electron chi connectivity index (χ2n) is 2.73. The van der Waals surface area contributed by atoms with Crippen LogP contribution in [0.4, 0.5) is 5.69 Å². The number of alkyl halides is 2. The number of rotatable bonds is 2. The van der Waals surface area contributed by atoms with E-state index in [1.165, 1.54) is 0 Å². The van der Waals surface area contributed by atoms with E-state index < -0.39 is 10.7 Å². The van der Waals surface area contributed by atoms with Gasteiger partial charge in [0.05, 0.1) is 30.8 Å². The molecule has 0 aliphatic carbocycles. The zero-order chi connectivity index (χ0) is 13.3. The fraction of sp³-hybridized carbons (Fsp3) is 0.125. The summed E-state index contributed by atoms with van der Waals surface area (Å²) in [7, 11) is 0. The van der Waals surface area contributed by atoms with Gasteiger partial charge in [0.1, 0.15) is 0 Å². The maximum Gasteiger partial charge on any atom is 0.257 e. The normalized spacial score (nSPS) is 10.8. The summed E-state index contributed by atoms with van der Waals surface area (Å²) in [4.78, 5) is 10.0. The van der Waals surface area contributed by atoms with Gasteiger partial charge >= 0.3 is 0 Å². The van der Waals surface area contributed by atoms with E-state index in [1.807, 2.05) is 0 Å². The van der Waals surface area contributed by atoms with Crippen LogP contribution in [0.15, 0.2) is 0 Å². The largest absolute Gasteiger partial charge is 0.321 e. The van der Waals surface area contributed by atoms with E-state index in [4.69, 9.17) is 81.2 Å². The highest BCUT2D eigenvalue weighted by Crippen LogP contribution is 2.46. The maximum atomic E-state index is 11.3. The van der Waals surface area contributed by atoms with Crippen molar-refractivity contribution >= 4 is 92.8 Å². The molecule has 0 aliphatic heterocycles. The molecule has 0 aromatic heterocycles. The van der Waals surface area contributed by atoms with Crippen molar-refractivity contribution in [1.82, 2.24) is 0 Å². The van der Waals surface area contributed by atoms with E-state index in [9.17, 15) is 4.79 Å². The molecule has 0 fully saturated rings. The monoisotopic (exact) mass is 373 g/mol. The molecule has 1 N–H and O–H groups in total. The highest BCUT2D eigenvalue weighted by atomic mass is 35.5. The highest BCUT2D eigenvalue weighted by molar-refractivity contribution is 6.58. The van der Waals surface area contributed by atoms with Gasteiger partial charge < -0.3 is 5.32 Å². The Morgan fingerprint density at radius 1 is 0.824 bits per heavy atom. The van der Waals surface area contributed by atoms with E-state index >= 15 is 0 Å². The number of hydrogen-bond acceptors (Lipinski definition) is 1. The van der Waals surface area contributed by atoms with Crippen molar-refractivity contribution in [2.75, 3.05) is 5.32 Å². The molecule has 17 heavy (non-hydrogen) atoms. The summed E-state index contributed by atoms with van der Waals surface area (Å²) in [6.45, 7) is 0. The predicted octanol–water partition coefficient (Wildman–Crippen LogP) is 5.70. The van der Waals surface area contributed by atoms with Crippen LogP contribution in [-0.2, 0) is 4.79 Å². The number of benzene rings is 1. The number of carbonyl (C=O) groups is 1. The summed E-state index contributed by atoms with van der Waals surface area (Å²) >= 11 is 39.8. The van der Waals surface area contributed by atoms with Gasteiger partial charge in [-0.15, -0.1) is 0 Å². The molecule has 1 aromatic carbocycles. The Morgan fingerprint density at radius 3 is 1.53 bits per heavy atom. The van der Waals surface area contributed by atoms with Gasteiger partial charge in [-0.05, 0) is 0 Å². The number of hydrogen-bond donors (Lipinski definition) is 1. The molecule has 0 radical (unpaired) electrons. The Morgan fingerprint density at radius 2 is 1.18 bits per heavy atom. The third-order valence-electron chi connectivity index (χ3n) is 1.66. The molecule has 1 rings (SSSR count). The molecule has 0 bridgehead atoms. The molecular weight excluding hydrogens is 374 g/mol. The number of anilines is 1. The average Bonchev–Trinajstić information content (AvgIpc) is 2.29. The van der Waals surface area contributed by atoms with E-state index in [2.05, 4.69) is 5.32 Å². The Labute approximate surface area is 132 Å². The second kappa shape index (κ2) is 6.25. The van der Waals surface area contributed by atoms with Crippen LogP contribution in [0, 0.1) is 0 Å². The third-order valence-corrected chi connectivity index (χ3v) is 4.33. The van der Waals surface area contributed by atoms with Crippen molar-refractivity contribution in [2.24, 2.45) is 0 Å². The summed E-state index contributed by atoms with van der Waals surface area (Å²) in [5, 5.41) is 2.13. The van der Waals surface area contributed by atoms with Crippen LogP contribution in [0.25, 0.3) is 0 Å². The summed E-state index contributed by atoms with van der Waals surface area (Å²) in [6.07, 6.45) is 0. The predicted molar refractivity (Wildman–Crippen MR) is 75.6 cm³/mol. The van der Waals surface area contributed by atoms with Crippen LogP contribution < -0.4 is 5.32 Å². The van der Waals surface area contributed by atoms with E-state index in [-0.39, 0.29) is 30.8 Å². The molecule has 0 unspecified atom stereocenters. The summed E-state index contributed by atoms with van der Waals surface area (Å²) < 4.78 is 0. The molecular formula is C8H2Cl7NO. The molecule has 1 amide bonds.